The Hall–Kier alpha value is -0.410. The molecule has 2 N–H and O–H groups in total. The number of aliphatic hydroxyl groups excluding tert-OH is 2. The van der Waals surface area contributed by atoms with Crippen LogP contribution < -0.4 is 0 Å². The average molecular weight is 306 g/mol. The fraction of sp³-hybridized carbons (Fsp3) is 0.947. The minimum absolute atomic E-state index is 0.0465. The van der Waals surface area contributed by atoms with Gasteiger partial charge in [-0.1, -0.05) is 13.8 Å². The van der Waals surface area contributed by atoms with E-state index in [0.29, 0.717) is 35.9 Å². The minimum Gasteiger partial charge on any atom is -0.393 e. The van der Waals surface area contributed by atoms with Gasteiger partial charge in [0.05, 0.1) is 12.2 Å². The van der Waals surface area contributed by atoms with Crippen molar-refractivity contribution < 1.29 is 15.0 Å². The van der Waals surface area contributed by atoms with Crippen LogP contribution in [0.15, 0.2) is 0 Å². The highest BCUT2D eigenvalue weighted by Crippen LogP contribution is 2.65. The zero-order valence-electron chi connectivity index (χ0n) is 13.9. The van der Waals surface area contributed by atoms with Gasteiger partial charge in [-0.15, -0.1) is 0 Å². The zero-order chi connectivity index (χ0) is 15.7. The lowest BCUT2D eigenvalue weighted by Gasteiger charge is -2.61. The maximum atomic E-state index is 12.4. The van der Waals surface area contributed by atoms with Gasteiger partial charge in [-0.05, 0) is 74.0 Å². The van der Waals surface area contributed by atoms with Crippen LogP contribution in [0, 0.1) is 34.5 Å². The van der Waals surface area contributed by atoms with Gasteiger partial charge in [-0.25, -0.2) is 0 Å². The SMILES string of the molecule is C[C@]12[C@@H](CC[C@@H]3[C@@H]1CC[C@]1(C)C(=O)CC[C@@H]31)C[C@@H](O)C[C@H]2O. The number of Topliss-reactive ketones (excluding diaryl/α,β-unsaturated/α-hetero) is 1. The van der Waals surface area contributed by atoms with Crippen molar-refractivity contribution in [3.05, 3.63) is 0 Å². The van der Waals surface area contributed by atoms with Gasteiger partial charge in [0.2, 0.25) is 0 Å². The summed E-state index contributed by atoms with van der Waals surface area (Å²) in [7, 11) is 0. The molecular formula is C19H30O3. The Bertz CT molecular complexity index is 489. The molecule has 4 aliphatic carbocycles. The average Bonchev–Trinajstić information content (AvgIpc) is 2.77. The molecule has 0 heterocycles. The number of fused-ring (bicyclic) bond motifs is 5. The van der Waals surface area contributed by atoms with Gasteiger partial charge in [-0.2, -0.15) is 0 Å². The molecule has 124 valence electrons. The van der Waals surface area contributed by atoms with Gasteiger partial charge in [0, 0.05) is 11.8 Å². The number of rotatable bonds is 0. The summed E-state index contributed by atoms with van der Waals surface area (Å²) in [6.45, 7) is 4.49. The molecule has 0 aromatic heterocycles. The van der Waals surface area contributed by atoms with Crippen molar-refractivity contribution in [2.45, 2.75) is 77.4 Å². The summed E-state index contributed by atoms with van der Waals surface area (Å²) in [6, 6.07) is 0. The van der Waals surface area contributed by atoms with E-state index in [4.69, 9.17) is 0 Å². The van der Waals surface area contributed by atoms with Crippen LogP contribution in [0.3, 0.4) is 0 Å². The van der Waals surface area contributed by atoms with Crippen LogP contribution in [0.2, 0.25) is 0 Å². The van der Waals surface area contributed by atoms with Crippen LogP contribution >= 0.6 is 0 Å². The summed E-state index contributed by atoms with van der Waals surface area (Å²) < 4.78 is 0. The third kappa shape index (κ3) is 1.78. The van der Waals surface area contributed by atoms with Crippen molar-refractivity contribution in [2.24, 2.45) is 34.5 Å². The molecule has 0 radical (unpaired) electrons. The van der Waals surface area contributed by atoms with Gasteiger partial charge < -0.3 is 10.2 Å². The first-order chi connectivity index (χ1) is 10.4. The molecule has 4 aliphatic rings. The fourth-order valence-corrected chi connectivity index (χ4v) is 7.07. The molecule has 0 unspecified atom stereocenters. The fourth-order valence-electron chi connectivity index (χ4n) is 7.07. The molecule has 4 fully saturated rings. The Kier molecular flexibility index (Phi) is 3.30. The molecule has 3 nitrogen and oxygen atoms in total. The van der Waals surface area contributed by atoms with E-state index in [1.807, 2.05) is 0 Å². The van der Waals surface area contributed by atoms with Crippen molar-refractivity contribution in [1.82, 2.24) is 0 Å². The lowest BCUT2D eigenvalue weighted by Crippen LogP contribution is -2.59. The predicted octanol–water partition coefficient (Wildman–Crippen LogP) is 2.93. The molecule has 0 bridgehead atoms. The summed E-state index contributed by atoms with van der Waals surface area (Å²) in [5.41, 5.74) is -0.126. The minimum atomic E-state index is -0.379. The molecule has 4 rings (SSSR count). The number of hydrogen-bond acceptors (Lipinski definition) is 3. The summed E-state index contributed by atoms with van der Waals surface area (Å²) in [6.07, 6.45) is 6.93. The lowest BCUT2D eigenvalue weighted by molar-refractivity contribution is -0.179. The number of ketones is 1. The number of aliphatic hydroxyl groups is 2. The van der Waals surface area contributed by atoms with Gasteiger partial charge in [0.1, 0.15) is 5.78 Å². The molecule has 0 aliphatic heterocycles. The Morgan fingerprint density at radius 1 is 1.00 bits per heavy atom. The van der Waals surface area contributed by atoms with Gasteiger partial charge in [-0.3, -0.25) is 4.79 Å². The monoisotopic (exact) mass is 306 g/mol. The first-order valence-corrected chi connectivity index (χ1v) is 9.26. The highest BCUT2D eigenvalue weighted by atomic mass is 16.3. The Morgan fingerprint density at radius 3 is 2.55 bits per heavy atom. The second-order valence-electron chi connectivity index (χ2n) is 9.08. The Balaban J connectivity index is 1.67. The molecule has 3 heteroatoms. The molecule has 0 spiro atoms. The quantitative estimate of drug-likeness (QED) is 0.723. The third-order valence-electron chi connectivity index (χ3n) is 8.44. The topological polar surface area (TPSA) is 57.5 Å². The van der Waals surface area contributed by atoms with E-state index >= 15 is 0 Å². The van der Waals surface area contributed by atoms with Crippen molar-refractivity contribution in [2.75, 3.05) is 0 Å². The Labute approximate surface area is 133 Å². The van der Waals surface area contributed by atoms with Crippen LogP contribution in [-0.4, -0.2) is 28.2 Å². The second-order valence-corrected chi connectivity index (χ2v) is 9.08. The van der Waals surface area contributed by atoms with Crippen LogP contribution in [0.5, 0.6) is 0 Å². The lowest BCUT2D eigenvalue weighted by atomic mass is 9.44. The van der Waals surface area contributed by atoms with E-state index < -0.39 is 0 Å². The normalized spacial score (nSPS) is 57.9. The summed E-state index contributed by atoms with van der Waals surface area (Å²) in [4.78, 5) is 12.4. The molecule has 0 amide bonds. The predicted molar refractivity (Wildman–Crippen MR) is 84.1 cm³/mol. The van der Waals surface area contributed by atoms with Crippen molar-refractivity contribution in [3.63, 3.8) is 0 Å². The summed E-state index contributed by atoms with van der Waals surface area (Å²) in [5.74, 6) is 2.63. The van der Waals surface area contributed by atoms with Crippen LogP contribution in [0.4, 0.5) is 0 Å². The number of carbonyl (C=O) groups excluding carboxylic acids is 1. The van der Waals surface area contributed by atoms with E-state index in [1.54, 1.807) is 0 Å². The highest BCUT2D eigenvalue weighted by Gasteiger charge is 2.62. The van der Waals surface area contributed by atoms with Crippen LogP contribution in [0.1, 0.15) is 65.2 Å². The van der Waals surface area contributed by atoms with Crippen molar-refractivity contribution >= 4 is 5.78 Å². The zero-order valence-corrected chi connectivity index (χ0v) is 13.9. The molecule has 0 aromatic rings. The van der Waals surface area contributed by atoms with E-state index in [2.05, 4.69) is 13.8 Å². The van der Waals surface area contributed by atoms with E-state index in [-0.39, 0.29) is 23.0 Å². The van der Waals surface area contributed by atoms with Crippen LogP contribution in [0.25, 0.3) is 0 Å². The molecular weight excluding hydrogens is 276 g/mol. The molecule has 0 saturated heterocycles. The first-order valence-electron chi connectivity index (χ1n) is 9.26. The smallest absolute Gasteiger partial charge is 0.139 e. The number of hydrogen-bond donors (Lipinski definition) is 2. The van der Waals surface area contributed by atoms with Gasteiger partial charge in [0.25, 0.3) is 0 Å². The van der Waals surface area contributed by atoms with Gasteiger partial charge >= 0.3 is 0 Å². The highest BCUT2D eigenvalue weighted by molar-refractivity contribution is 5.87. The van der Waals surface area contributed by atoms with Crippen molar-refractivity contribution in [1.29, 1.82) is 0 Å². The summed E-state index contributed by atoms with van der Waals surface area (Å²) in [5, 5.41) is 20.9. The van der Waals surface area contributed by atoms with E-state index in [1.165, 1.54) is 6.42 Å². The van der Waals surface area contributed by atoms with E-state index in [9.17, 15) is 15.0 Å². The second kappa shape index (κ2) is 4.80. The maximum absolute atomic E-state index is 12.4. The largest absolute Gasteiger partial charge is 0.393 e. The maximum Gasteiger partial charge on any atom is 0.139 e. The van der Waals surface area contributed by atoms with Crippen LogP contribution in [-0.2, 0) is 4.79 Å². The molecule has 4 saturated carbocycles. The molecule has 22 heavy (non-hydrogen) atoms. The Morgan fingerprint density at radius 2 is 1.77 bits per heavy atom. The number of carbonyl (C=O) groups is 1. The first kappa shape index (κ1) is 15.1. The standard InChI is InChI=1S/C19H30O3/c1-18-8-7-15-13(14(18)5-6-16(18)21)4-3-11-9-12(20)10-17(22)19(11,15)2/h11-15,17,20,22H,3-10H2,1-2H3/t11-,12+,13-,14-,15-,17+,18-,19-/m0/s1. The van der Waals surface area contributed by atoms with E-state index in [0.717, 1.165) is 38.5 Å². The summed E-state index contributed by atoms with van der Waals surface area (Å²) >= 11 is 0. The molecule has 8 atom stereocenters. The third-order valence-corrected chi connectivity index (χ3v) is 8.44. The van der Waals surface area contributed by atoms with Gasteiger partial charge in [0.15, 0.2) is 0 Å². The molecule has 0 aromatic carbocycles. The van der Waals surface area contributed by atoms with Crippen molar-refractivity contribution in [3.8, 4) is 0 Å².